The first-order valence-corrected chi connectivity index (χ1v) is 8.25. The smallest absolute Gasteiger partial charge is 0.173 e. The summed E-state index contributed by atoms with van der Waals surface area (Å²) in [6, 6.07) is 5.46. The van der Waals surface area contributed by atoms with Crippen molar-refractivity contribution in [3.63, 3.8) is 0 Å². The predicted molar refractivity (Wildman–Crippen MR) is 97.3 cm³/mol. The van der Waals surface area contributed by atoms with E-state index in [9.17, 15) is 0 Å². The number of anilines is 1. The van der Waals surface area contributed by atoms with Crippen molar-refractivity contribution in [3.05, 3.63) is 45.0 Å². The minimum atomic E-state index is 0.501. The number of thiocarbonyl (C=S) groups is 1. The molecule has 0 spiro atoms. The van der Waals surface area contributed by atoms with Gasteiger partial charge in [-0.2, -0.15) is 5.10 Å². The van der Waals surface area contributed by atoms with Crippen molar-refractivity contribution in [2.75, 3.05) is 11.9 Å². The van der Waals surface area contributed by atoms with Crippen molar-refractivity contribution in [2.24, 2.45) is 0 Å². The molecule has 0 saturated carbocycles. The number of hydrogen-bond acceptors (Lipinski definition) is 2. The van der Waals surface area contributed by atoms with Gasteiger partial charge in [-0.3, -0.25) is 4.68 Å². The highest BCUT2D eigenvalue weighted by molar-refractivity contribution is 7.80. The van der Waals surface area contributed by atoms with Crippen molar-refractivity contribution in [1.29, 1.82) is 0 Å². The van der Waals surface area contributed by atoms with Crippen LogP contribution in [0.3, 0.4) is 0 Å². The van der Waals surface area contributed by atoms with Gasteiger partial charge in [0.05, 0.1) is 16.6 Å². The molecule has 0 aliphatic carbocycles. The van der Waals surface area contributed by atoms with E-state index < -0.39 is 0 Å². The molecule has 0 aliphatic rings. The van der Waals surface area contributed by atoms with Crippen LogP contribution in [0.1, 0.15) is 18.9 Å². The number of halogens is 3. The van der Waals surface area contributed by atoms with E-state index in [0.29, 0.717) is 32.5 Å². The molecule has 0 bridgehead atoms. The molecular formula is C14H15Cl3N4S. The number of rotatable bonds is 5. The lowest BCUT2D eigenvalue weighted by Crippen LogP contribution is -2.29. The van der Waals surface area contributed by atoms with Gasteiger partial charge in [0, 0.05) is 12.7 Å². The van der Waals surface area contributed by atoms with Gasteiger partial charge >= 0.3 is 0 Å². The molecule has 2 aromatic rings. The van der Waals surface area contributed by atoms with Gasteiger partial charge in [-0.25, -0.2) is 0 Å². The monoisotopic (exact) mass is 376 g/mol. The largest absolute Gasteiger partial charge is 0.362 e. The van der Waals surface area contributed by atoms with E-state index in [2.05, 4.69) is 22.7 Å². The van der Waals surface area contributed by atoms with Gasteiger partial charge in [0.2, 0.25) is 0 Å². The third-order valence-corrected chi connectivity index (χ3v) is 4.08. The highest BCUT2D eigenvalue weighted by atomic mass is 35.5. The first-order valence-electron chi connectivity index (χ1n) is 6.71. The van der Waals surface area contributed by atoms with Crippen LogP contribution in [0.2, 0.25) is 15.1 Å². The lowest BCUT2D eigenvalue weighted by molar-refractivity contribution is 0.690. The maximum Gasteiger partial charge on any atom is 0.173 e. The van der Waals surface area contributed by atoms with Gasteiger partial charge in [0.1, 0.15) is 5.02 Å². The lowest BCUT2D eigenvalue weighted by Gasteiger charge is -2.07. The third-order valence-electron chi connectivity index (χ3n) is 2.81. The summed E-state index contributed by atoms with van der Waals surface area (Å²) in [7, 11) is 0. The Bertz CT molecular complexity index is 672. The SMILES string of the molecule is CCCNC(=S)Nc1nn(Cc2ccc(Cl)c(Cl)c2)cc1Cl. The maximum absolute atomic E-state index is 6.17. The molecule has 0 radical (unpaired) electrons. The Morgan fingerprint density at radius 3 is 2.68 bits per heavy atom. The molecule has 0 saturated heterocycles. The topological polar surface area (TPSA) is 41.9 Å². The Labute approximate surface area is 149 Å². The number of nitrogens with one attached hydrogen (secondary N) is 2. The van der Waals surface area contributed by atoms with Crippen molar-refractivity contribution >= 4 is 58.0 Å². The molecule has 8 heteroatoms. The molecule has 0 aliphatic heterocycles. The second-order valence-corrected chi connectivity index (χ2v) is 6.28. The molecule has 4 nitrogen and oxygen atoms in total. The number of aromatic nitrogens is 2. The predicted octanol–water partition coefficient (Wildman–Crippen LogP) is 4.59. The number of nitrogens with zero attached hydrogens (tertiary/aromatic N) is 2. The van der Waals surface area contributed by atoms with Gasteiger partial charge in [0.25, 0.3) is 0 Å². The van der Waals surface area contributed by atoms with E-state index in [4.69, 9.17) is 47.0 Å². The van der Waals surface area contributed by atoms with Crippen molar-refractivity contribution < 1.29 is 0 Å². The average Bonchev–Trinajstić information content (AvgIpc) is 2.80. The lowest BCUT2D eigenvalue weighted by atomic mass is 10.2. The van der Waals surface area contributed by atoms with Gasteiger partial charge in [-0.05, 0) is 36.3 Å². The van der Waals surface area contributed by atoms with Gasteiger partial charge in [-0.15, -0.1) is 0 Å². The zero-order chi connectivity index (χ0) is 16.1. The van der Waals surface area contributed by atoms with Crippen molar-refractivity contribution in [1.82, 2.24) is 15.1 Å². The van der Waals surface area contributed by atoms with Crippen LogP contribution >= 0.6 is 47.0 Å². The standard InChI is InChI=1S/C14H15Cl3N4S/c1-2-5-18-14(22)19-13-12(17)8-21(20-13)7-9-3-4-10(15)11(16)6-9/h3-4,6,8H,2,5,7H2,1H3,(H2,18,19,20,22). The second kappa shape index (κ2) is 8.02. The summed E-state index contributed by atoms with van der Waals surface area (Å²) in [6.07, 6.45) is 2.72. The molecule has 0 atom stereocenters. The Morgan fingerprint density at radius 2 is 2.00 bits per heavy atom. The fourth-order valence-electron chi connectivity index (χ4n) is 1.78. The molecule has 0 amide bonds. The van der Waals surface area contributed by atoms with Crippen LogP contribution in [0, 0.1) is 0 Å². The summed E-state index contributed by atoms with van der Waals surface area (Å²) >= 11 is 23.2. The molecule has 2 rings (SSSR count). The van der Waals surface area contributed by atoms with E-state index in [0.717, 1.165) is 18.5 Å². The fourth-order valence-corrected chi connectivity index (χ4v) is 2.50. The normalized spacial score (nSPS) is 10.5. The molecule has 0 unspecified atom stereocenters. The van der Waals surface area contributed by atoms with Crippen LogP contribution < -0.4 is 10.6 Å². The first-order chi connectivity index (χ1) is 10.5. The molecule has 1 heterocycles. The van der Waals surface area contributed by atoms with Crippen LogP contribution in [0.25, 0.3) is 0 Å². The molecule has 118 valence electrons. The van der Waals surface area contributed by atoms with E-state index in [-0.39, 0.29) is 0 Å². The summed E-state index contributed by atoms with van der Waals surface area (Å²) in [4.78, 5) is 0. The molecule has 1 aromatic carbocycles. The van der Waals surface area contributed by atoms with Crippen LogP contribution in [0.15, 0.2) is 24.4 Å². The van der Waals surface area contributed by atoms with E-state index in [1.54, 1.807) is 23.0 Å². The van der Waals surface area contributed by atoms with E-state index in [1.165, 1.54) is 0 Å². The highest BCUT2D eigenvalue weighted by Crippen LogP contribution is 2.24. The van der Waals surface area contributed by atoms with E-state index in [1.807, 2.05) is 6.07 Å². The van der Waals surface area contributed by atoms with Gasteiger partial charge in [-0.1, -0.05) is 47.8 Å². The Kier molecular flexibility index (Phi) is 6.32. The summed E-state index contributed by atoms with van der Waals surface area (Å²) < 4.78 is 1.71. The molecule has 2 N–H and O–H groups in total. The zero-order valence-corrected chi connectivity index (χ0v) is 15.0. The molecule has 22 heavy (non-hydrogen) atoms. The first kappa shape index (κ1) is 17.3. The number of benzene rings is 1. The fraction of sp³-hybridized carbons (Fsp3) is 0.286. The van der Waals surface area contributed by atoms with Crippen LogP contribution in [-0.2, 0) is 6.54 Å². The van der Waals surface area contributed by atoms with Gasteiger partial charge < -0.3 is 10.6 Å². The molecule has 1 aromatic heterocycles. The zero-order valence-electron chi connectivity index (χ0n) is 11.9. The summed E-state index contributed by atoms with van der Waals surface area (Å²) in [6.45, 7) is 3.40. The molecular weight excluding hydrogens is 363 g/mol. The maximum atomic E-state index is 6.17. The van der Waals surface area contributed by atoms with Gasteiger partial charge in [0.15, 0.2) is 10.9 Å². The second-order valence-electron chi connectivity index (χ2n) is 4.65. The quantitative estimate of drug-likeness (QED) is 0.748. The number of hydrogen-bond donors (Lipinski definition) is 2. The molecule has 0 fully saturated rings. The Balaban J connectivity index is 2.05. The highest BCUT2D eigenvalue weighted by Gasteiger charge is 2.09. The summed E-state index contributed by atoms with van der Waals surface area (Å²) in [5.74, 6) is 0.523. The summed E-state index contributed by atoms with van der Waals surface area (Å²) in [5.41, 5.74) is 0.979. The minimum absolute atomic E-state index is 0.501. The van der Waals surface area contributed by atoms with Crippen molar-refractivity contribution in [2.45, 2.75) is 19.9 Å². The Hall–Kier alpha value is -1.01. The minimum Gasteiger partial charge on any atom is -0.362 e. The van der Waals surface area contributed by atoms with Crippen LogP contribution in [0.5, 0.6) is 0 Å². The third kappa shape index (κ3) is 4.74. The van der Waals surface area contributed by atoms with Crippen LogP contribution in [0.4, 0.5) is 5.82 Å². The van der Waals surface area contributed by atoms with Crippen LogP contribution in [-0.4, -0.2) is 21.4 Å². The Morgan fingerprint density at radius 1 is 1.23 bits per heavy atom. The van der Waals surface area contributed by atoms with E-state index >= 15 is 0 Å². The average molecular weight is 378 g/mol. The van der Waals surface area contributed by atoms with Crippen molar-refractivity contribution in [3.8, 4) is 0 Å². The summed E-state index contributed by atoms with van der Waals surface area (Å²) in [5, 5.41) is 12.5.